The molecule has 5 nitrogen and oxygen atoms in total. The van der Waals surface area contributed by atoms with E-state index in [0.717, 1.165) is 37.3 Å². The highest BCUT2D eigenvalue weighted by molar-refractivity contribution is 5.74. The predicted molar refractivity (Wildman–Crippen MR) is 82.3 cm³/mol. The van der Waals surface area contributed by atoms with Crippen molar-refractivity contribution in [1.29, 1.82) is 0 Å². The van der Waals surface area contributed by atoms with Gasteiger partial charge in [-0.25, -0.2) is 9.78 Å². The van der Waals surface area contributed by atoms with E-state index in [0.29, 0.717) is 19.3 Å². The smallest absolute Gasteiger partial charge is 0.335 e. The Kier molecular flexibility index (Phi) is 5.01. The molecule has 1 saturated carbocycles. The van der Waals surface area contributed by atoms with Crippen LogP contribution in [0.15, 0.2) is 6.20 Å². The SMILES string of the molecule is O=C(NCc1cn2c(n1)CCCC2)NC1CCCCC1C(F)(F)F. The van der Waals surface area contributed by atoms with E-state index in [1.165, 1.54) is 0 Å². The number of nitrogens with one attached hydrogen (secondary N) is 2. The molecule has 2 aliphatic rings. The van der Waals surface area contributed by atoms with E-state index in [1.807, 2.05) is 6.20 Å². The van der Waals surface area contributed by atoms with E-state index in [2.05, 4.69) is 20.2 Å². The monoisotopic (exact) mass is 344 g/mol. The van der Waals surface area contributed by atoms with Crippen LogP contribution in [0.25, 0.3) is 0 Å². The molecule has 2 amide bonds. The lowest BCUT2D eigenvalue weighted by Crippen LogP contribution is -2.50. The van der Waals surface area contributed by atoms with Crippen molar-refractivity contribution in [3.63, 3.8) is 0 Å². The molecule has 0 spiro atoms. The number of carbonyl (C=O) groups excluding carboxylic acids is 1. The third kappa shape index (κ3) is 4.02. The largest absolute Gasteiger partial charge is 0.393 e. The Hall–Kier alpha value is -1.73. The number of nitrogens with zero attached hydrogens (tertiary/aromatic N) is 2. The Morgan fingerprint density at radius 2 is 2.04 bits per heavy atom. The van der Waals surface area contributed by atoms with Crippen LogP contribution in [-0.2, 0) is 19.5 Å². The lowest BCUT2D eigenvalue weighted by atomic mass is 9.84. The van der Waals surface area contributed by atoms with E-state index in [1.54, 1.807) is 0 Å². The zero-order chi connectivity index (χ0) is 17.2. The molecule has 1 aliphatic carbocycles. The molecule has 24 heavy (non-hydrogen) atoms. The fraction of sp³-hybridized carbons (Fsp3) is 0.750. The molecule has 2 heterocycles. The van der Waals surface area contributed by atoms with E-state index in [9.17, 15) is 18.0 Å². The Labute approximate surface area is 139 Å². The highest BCUT2D eigenvalue weighted by atomic mass is 19.4. The Bertz CT molecular complexity index is 561. The predicted octanol–water partition coefficient (Wildman–Crippen LogP) is 3.14. The normalized spacial score (nSPS) is 24.3. The Morgan fingerprint density at radius 1 is 1.25 bits per heavy atom. The molecular formula is C16H23F3N4O. The molecule has 1 aliphatic heterocycles. The van der Waals surface area contributed by atoms with Gasteiger partial charge in [-0.2, -0.15) is 13.2 Å². The molecule has 0 radical (unpaired) electrons. The summed E-state index contributed by atoms with van der Waals surface area (Å²) in [5.41, 5.74) is 0.748. The van der Waals surface area contributed by atoms with Gasteiger partial charge in [0.2, 0.25) is 0 Å². The van der Waals surface area contributed by atoms with Crippen LogP contribution < -0.4 is 10.6 Å². The first-order valence-electron chi connectivity index (χ1n) is 8.59. The van der Waals surface area contributed by atoms with Crippen LogP contribution in [0.1, 0.15) is 50.0 Å². The average molecular weight is 344 g/mol. The summed E-state index contributed by atoms with van der Waals surface area (Å²) in [5, 5.41) is 5.14. The van der Waals surface area contributed by atoms with E-state index < -0.39 is 24.2 Å². The fourth-order valence-electron chi connectivity index (χ4n) is 3.64. The van der Waals surface area contributed by atoms with Gasteiger partial charge >= 0.3 is 12.2 Å². The molecule has 0 bridgehead atoms. The molecule has 1 fully saturated rings. The Balaban J connectivity index is 1.52. The summed E-state index contributed by atoms with van der Waals surface area (Å²) < 4.78 is 41.2. The van der Waals surface area contributed by atoms with Crippen molar-refractivity contribution in [3.8, 4) is 0 Å². The van der Waals surface area contributed by atoms with Gasteiger partial charge in [-0.1, -0.05) is 12.8 Å². The van der Waals surface area contributed by atoms with Gasteiger partial charge in [0.1, 0.15) is 5.82 Å². The molecule has 3 rings (SSSR count). The van der Waals surface area contributed by atoms with Gasteiger partial charge in [-0.15, -0.1) is 0 Å². The number of aryl methyl sites for hydroxylation is 2. The first-order chi connectivity index (χ1) is 11.4. The van der Waals surface area contributed by atoms with Crippen LogP contribution in [0.2, 0.25) is 0 Å². The van der Waals surface area contributed by atoms with Crippen molar-refractivity contribution in [2.24, 2.45) is 5.92 Å². The maximum Gasteiger partial charge on any atom is 0.393 e. The van der Waals surface area contributed by atoms with Crippen LogP contribution in [0.5, 0.6) is 0 Å². The molecule has 0 saturated heterocycles. The number of urea groups is 1. The van der Waals surface area contributed by atoms with E-state index in [4.69, 9.17) is 0 Å². The van der Waals surface area contributed by atoms with Gasteiger partial charge in [-0.3, -0.25) is 0 Å². The standard InChI is InChI=1S/C16H23F3N4O/c17-16(18,19)12-5-1-2-6-13(12)22-15(24)20-9-11-10-23-8-4-3-7-14(23)21-11/h10,12-13H,1-9H2,(H2,20,22,24). The quantitative estimate of drug-likeness (QED) is 0.885. The number of halogens is 3. The summed E-state index contributed by atoms with van der Waals surface area (Å²) in [6, 6.07) is -1.39. The number of alkyl halides is 3. The summed E-state index contributed by atoms with van der Waals surface area (Å²) in [6.07, 6.45) is 2.55. The molecule has 0 aromatic carbocycles. The lowest BCUT2D eigenvalue weighted by molar-refractivity contribution is -0.187. The zero-order valence-corrected chi connectivity index (χ0v) is 13.5. The summed E-state index contributed by atoms with van der Waals surface area (Å²) in [4.78, 5) is 16.4. The second-order valence-electron chi connectivity index (χ2n) is 6.67. The second kappa shape index (κ2) is 7.03. The van der Waals surface area contributed by atoms with Crippen molar-refractivity contribution in [1.82, 2.24) is 20.2 Å². The van der Waals surface area contributed by atoms with Crippen molar-refractivity contribution in [2.75, 3.05) is 0 Å². The number of rotatable bonds is 3. The van der Waals surface area contributed by atoms with Crippen LogP contribution in [0, 0.1) is 5.92 Å². The molecule has 2 N–H and O–H groups in total. The van der Waals surface area contributed by atoms with Gasteiger partial charge in [0.15, 0.2) is 0 Å². The van der Waals surface area contributed by atoms with Gasteiger partial charge < -0.3 is 15.2 Å². The minimum atomic E-state index is -4.26. The summed E-state index contributed by atoms with van der Waals surface area (Å²) in [7, 11) is 0. The van der Waals surface area contributed by atoms with Crippen LogP contribution in [-0.4, -0.2) is 27.8 Å². The number of hydrogen-bond acceptors (Lipinski definition) is 2. The molecule has 8 heteroatoms. The molecule has 2 atom stereocenters. The lowest BCUT2D eigenvalue weighted by Gasteiger charge is -2.33. The number of carbonyl (C=O) groups is 1. The van der Waals surface area contributed by atoms with Gasteiger partial charge in [0.05, 0.1) is 18.2 Å². The molecule has 1 aromatic rings. The number of amides is 2. The number of fused-ring (bicyclic) bond motifs is 1. The number of hydrogen-bond donors (Lipinski definition) is 2. The highest BCUT2D eigenvalue weighted by Gasteiger charge is 2.45. The first-order valence-corrected chi connectivity index (χ1v) is 8.59. The second-order valence-corrected chi connectivity index (χ2v) is 6.67. The van der Waals surface area contributed by atoms with Gasteiger partial charge in [-0.05, 0) is 25.7 Å². The average Bonchev–Trinajstić information content (AvgIpc) is 2.95. The molecule has 1 aromatic heterocycles. The van der Waals surface area contributed by atoms with Crippen LogP contribution in [0.3, 0.4) is 0 Å². The fourth-order valence-corrected chi connectivity index (χ4v) is 3.64. The Morgan fingerprint density at radius 3 is 2.79 bits per heavy atom. The van der Waals surface area contributed by atoms with Crippen LogP contribution in [0.4, 0.5) is 18.0 Å². The molecular weight excluding hydrogens is 321 g/mol. The summed E-state index contributed by atoms with van der Waals surface area (Å²) in [6.45, 7) is 1.17. The van der Waals surface area contributed by atoms with Crippen molar-refractivity contribution in [2.45, 2.75) is 70.3 Å². The first kappa shape index (κ1) is 17.1. The summed E-state index contributed by atoms with van der Waals surface area (Å²) in [5.74, 6) is -0.431. The van der Waals surface area contributed by atoms with Crippen LogP contribution >= 0.6 is 0 Å². The maximum atomic E-state index is 13.0. The van der Waals surface area contributed by atoms with Crippen molar-refractivity contribution in [3.05, 3.63) is 17.7 Å². The zero-order valence-electron chi connectivity index (χ0n) is 13.5. The third-order valence-corrected chi connectivity index (χ3v) is 4.89. The van der Waals surface area contributed by atoms with Crippen molar-refractivity contribution >= 4 is 6.03 Å². The molecule has 2 unspecified atom stereocenters. The van der Waals surface area contributed by atoms with E-state index >= 15 is 0 Å². The molecule has 134 valence electrons. The maximum absolute atomic E-state index is 13.0. The minimum absolute atomic E-state index is 0.0855. The van der Waals surface area contributed by atoms with Crippen molar-refractivity contribution < 1.29 is 18.0 Å². The highest BCUT2D eigenvalue weighted by Crippen LogP contribution is 2.37. The van der Waals surface area contributed by atoms with Gasteiger partial charge in [0.25, 0.3) is 0 Å². The van der Waals surface area contributed by atoms with Gasteiger partial charge in [0, 0.05) is 25.2 Å². The number of aromatic nitrogens is 2. The topological polar surface area (TPSA) is 59.0 Å². The summed E-state index contributed by atoms with van der Waals surface area (Å²) >= 11 is 0. The van der Waals surface area contributed by atoms with E-state index in [-0.39, 0.29) is 13.0 Å². The third-order valence-electron chi connectivity index (χ3n) is 4.89. The minimum Gasteiger partial charge on any atom is -0.335 e. The number of imidazole rings is 1.